The van der Waals surface area contributed by atoms with Gasteiger partial charge >= 0.3 is 0 Å². The number of hydrogen-bond acceptors (Lipinski definition) is 1. The Kier molecular flexibility index (Phi) is 9.63. The van der Waals surface area contributed by atoms with Crippen molar-refractivity contribution in [2.45, 2.75) is 26.7 Å². The summed E-state index contributed by atoms with van der Waals surface area (Å²) in [6, 6.07) is 0. The molecule has 24 heavy (non-hydrogen) atoms. The zero-order valence-electron chi connectivity index (χ0n) is 15.0. The van der Waals surface area contributed by atoms with Crippen LogP contribution in [0.15, 0.2) is 85.3 Å². The first-order valence-electron chi connectivity index (χ1n) is 7.82. The molecule has 132 valence electrons. The molecule has 0 N–H and O–H groups in total. The molecule has 3 heteroatoms. The van der Waals surface area contributed by atoms with Gasteiger partial charge in [-0.05, 0) is 30.3 Å². The van der Waals surface area contributed by atoms with E-state index in [0.29, 0.717) is 5.92 Å². The molecule has 0 bridgehead atoms. The number of allylic oxidation sites excluding steroid dienone is 8. The third kappa shape index (κ3) is 6.95. The zero-order valence-corrected chi connectivity index (χ0v) is 15.0. The summed E-state index contributed by atoms with van der Waals surface area (Å²) in [5.41, 5.74) is 1.01. The highest BCUT2D eigenvalue weighted by molar-refractivity contribution is 5.49. The van der Waals surface area contributed by atoms with Crippen molar-refractivity contribution in [3.05, 3.63) is 85.3 Å². The summed E-state index contributed by atoms with van der Waals surface area (Å²) in [5.74, 6) is -1.97. The van der Waals surface area contributed by atoms with E-state index in [1.165, 1.54) is 7.11 Å². The van der Waals surface area contributed by atoms with Crippen LogP contribution in [-0.4, -0.2) is 7.11 Å². The Balaban J connectivity index is 4.83. The molecule has 0 saturated carbocycles. The van der Waals surface area contributed by atoms with Gasteiger partial charge in [0.15, 0.2) is 5.83 Å². The van der Waals surface area contributed by atoms with E-state index < -0.39 is 11.7 Å². The number of halogens is 2. The summed E-state index contributed by atoms with van der Waals surface area (Å²) in [5, 5.41) is 0. The van der Waals surface area contributed by atoms with Crippen molar-refractivity contribution in [2.75, 3.05) is 7.11 Å². The van der Waals surface area contributed by atoms with Gasteiger partial charge in [-0.2, -0.15) is 4.39 Å². The Morgan fingerprint density at radius 2 is 1.58 bits per heavy atom. The van der Waals surface area contributed by atoms with Crippen LogP contribution in [0, 0.1) is 11.8 Å². The molecule has 0 aromatic rings. The second kappa shape index (κ2) is 10.6. The molecule has 0 spiro atoms. The van der Waals surface area contributed by atoms with Gasteiger partial charge in [-0.1, -0.05) is 64.0 Å². The van der Waals surface area contributed by atoms with Gasteiger partial charge in [-0.3, -0.25) is 0 Å². The van der Waals surface area contributed by atoms with Crippen LogP contribution < -0.4 is 0 Å². The molecule has 0 aromatic heterocycles. The SMILES string of the molecule is C=CC(C)CCC(C)C(=C)/C=C\C(=C)C(=C)/C(F)=C(/F)C(=C)OC. The number of methoxy groups -OCH3 is 1. The Labute approximate surface area is 145 Å². The van der Waals surface area contributed by atoms with Crippen LogP contribution in [0.5, 0.6) is 0 Å². The number of hydrogen-bond donors (Lipinski definition) is 0. The van der Waals surface area contributed by atoms with Crippen LogP contribution >= 0.6 is 0 Å². The molecule has 0 aliphatic rings. The summed E-state index contributed by atoms with van der Waals surface area (Å²) < 4.78 is 32.2. The lowest BCUT2D eigenvalue weighted by Crippen LogP contribution is -2.00. The molecule has 2 atom stereocenters. The lowest BCUT2D eigenvalue weighted by Gasteiger charge is -2.14. The van der Waals surface area contributed by atoms with Crippen molar-refractivity contribution in [3.63, 3.8) is 0 Å². The first kappa shape index (κ1) is 21.8. The van der Waals surface area contributed by atoms with E-state index in [0.717, 1.165) is 18.4 Å². The normalized spacial score (nSPS) is 14.5. The van der Waals surface area contributed by atoms with Gasteiger partial charge in [0.2, 0.25) is 5.83 Å². The largest absolute Gasteiger partial charge is 0.494 e. The molecule has 1 nitrogen and oxygen atoms in total. The van der Waals surface area contributed by atoms with Crippen molar-refractivity contribution in [2.24, 2.45) is 11.8 Å². The smallest absolute Gasteiger partial charge is 0.200 e. The Hall–Kier alpha value is -2.16. The fourth-order valence-corrected chi connectivity index (χ4v) is 1.77. The molecule has 2 unspecified atom stereocenters. The summed E-state index contributed by atoms with van der Waals surface area (Å²) in [4.78, 5) is 0. The van der Waals surface area contributed by atoms with Gasteiger partial charge in [0.1, 0.15) is 5.76 Å². The molecule has 0 fully saturated rings. The van der Waals surface area contributed by atoms with Crippen molar-refractivity contribution in [1.82, 2.24) is 0 Å². The minimum absolute atomic E-state index is 0.150. The quantitative estimate of drug-likeness (QED) is 0.230. The topological polar surface area (TPSA) is 9.23 Å². The van der Waals surface area contributed by atoms with Crippen LogP contribution in [0.4, 0.5) is 8.78 Å². The maximum atomic E-state index is 13.9. The number of rotatable bonds is 11. The van der Waals surface area contributed by atoms with Crippen LogP contribution in [-0.2, 0) is 4.74 Å². The minimum atomic E-state index is -1.18. The predicted octanol–water partition coefficient (Wildman–Crippen LogP) is 6.76. The van der Waals surface area contributed by atoms with E-state index >= 15 is 0 Å². The molecule has 0 heterocycles. The van der Waals surface area contributed by atoms with E-state index in [9.17, 15) is 8.78 Å². The van der Waals surface area contributed by atoms with Gasteiger partial charge in [0.05, 0.1) is 7.11 Å². The fraction of sp³-hybridized carbons (Fsp3) is 0.333. The minimum Gasteiger partial charge on any atom is -0.494 e. The van der Waals surface area contributed by atoms with E-state index in [2.05, 4.69) is 51.5 Å². The predicted molar refractivity (Wildman–Crippen MR) is 99.7 cm³/mol. The van der Waals surface area contributed by atoms with Gasteiger partial charge in [-0.25, -0.2) is 4.39 Å². The molecule has 0 radical (unpaired) electrons. The molecular formula is C21H28F2O. The lowest BCUT2D eigenvalue weighted by molar-refractivity contribution is 0.281. The Morgan fingerprint density at radius 1 is 1.00 bits per heavy atom. The summed E-state index contributed by atoms with van der Waals surface area (Å²) in [6.07, 6.45) is 7.26. The highest BCUT2D eigenvalue weighted by Crippen LogP contribution is 2.27. The first-order valence-corrected chi connectivity index (χ1v) is 7.82. The fourth-order valence-electron chi connectivity index (χ4n) is 1.77. The average molecular weight is 334 g/mol. The molecule has 0 aromatic carbocycles. The standard InChI is InChI=1S/C21H28F2O/c1-9-14(2)10-11-15(3)16(4)12-13-17(5)18(6)20(22)21(23)19(7)24-8/h9,12-15H,1,4-7,10-11H2,2-3,8H3/b13-12-,21-20-. The molecule has 0 saturated heterocycles. The van der Waals surface area contributed by atoms with Gasteiger partial charge in [0.25, 0.3) is 0 Å². The molecule has 0 aliphatic carbocycles. The maximum Gasteiger partial charge on any atom is 0.200 e. The molecule has 0 amide bonds. The highest BCUT2D eigenvalue weighted by Gasteiger charge is 2.15. The maximum absolute atomic E-state index is 13.9. The third-order valence-corrected chi connectivity index (χ3v) is 3.93. The van der Waals surface area contributed by atoms with Crippen LogP contribution in [0.1, 0.15) is 26.7 Å². The van der Waals surface area contributed by atoms with Crippen molar-refractivity contribution in [3.8, 4) is 0 Å². The summed E-state index contributed by atoms with van der Waals surface area (Å²) in [7, 11) is 1.21. The monoisotopic (exact) mass is 334 g/mol. The van der Waals surface area contributed by atoms with E-state index in [4.69, 9.17) is 0 Å². The number of ether oxygens (including phenoxy) is 1. The van der Waals surface area contributed by atoms with Crippen LogP contribution in [0.2, 0.25) is 0 Å². The molecule has 0 aliphatic heterocycles. The van der Waals surface area contributed by atoms with Crippen molar-refractivity contribution >= 4 is 0 Å². The second-order valence-corrected chi connectivity index (χ2v) is 5.86. The lowest BCUT2D eigenvalue weighted by atomic mass is 9.92. The van der Waals surface area contributed by atoms with Gasteiger partial charge < -0.3 is 4.74 Å². The van der Waals surface area contributed by atoms with Crippen LogP contribution in [0.3, 0.4) is 0 Å². The second-order valence-electron chi connectivity index (χ2n) is 5.86. The zero-order chi connectivity index (χ0) is 18.9. The van der Waals surface area contributed by atoms with E-state index in [1.54, 1.807) is 12.2 Å². The van der Waals surface area contributed by atoms with Gasteiger partial charge in [-0.15, -0.1) is 6.58 Å². The Morgan fingerprint density at radius 3 is 2.08 bits per heavy atom. The third-order valence-electron chi connectivity index (χ3n) is 3.93. The summed E-state index contributed by atoms with van der Waals surface area (Å²) >= 11 is 0. The van der Waals surface area contributed by atoms with E-state index in [-0.39, 0.29) is 22.8 Å². The Bertz CT molecular complexity index is 579. The highest BCUT2D eigenvalue weighted by atomic mass is 19.2. The molecular weight excluding hydrogens is 306 g/mol. The van der Waals surface area contributed by atoms with Gasteiger partial charge in [0, 0.05) is 5.57 Å². The molecule has 0 rings (SSSR count). The summed E-state index contributed by atoms with van der Waals surface area (Å²) in [6.45, 7) is 22.5. The first-order chi connectivity index (χ1) is 11.1. The van der Waals surface area contributed by atoms with Crippen molar-refractivity contribution in [1.29, 1.82) is 0 Å². The van der Waals surface area contributed by atoms with Crippen LogP contribution in [0.25, 0.3) is 0 Å². The average Bonchev–Trinajstić information content (AvgIpc) is 2.60. The van der Waals surface area contributed by atoms with E-state index in [1.807, 2.05) is 6.08 Å². The van der Waals surface area contributed by atoms with Crippen molar-refractivity contribution < 1.29 is 13.5 Å².